The quantitative estimate of drug-likeness (QED) is 0.796. The number of carbonyl (C=O) groups is 1. The Kier molecular flexibility index (Phi) is 6.93. The van der Waals surface area contributed by atoms with Crippen molar-refractivity contribution in [1.82, 2.24) is 4.90 Å². The van der Waals surface area contributed by atoms with Crippen molar-refractivity contribution in [3.63, 3.8) is 0 Å². The molecule has 1 amide bonds. The van der Waals surface area contributed by atoms with Gasteiger partial charge in [-0.2, -0.15) is 0 Å². The van der Waals surface area contributed by atoms with Crippen LogP contribution in [0.4, 0.5) is 0 Å². The van der Waals surface area contributed by atoms with Gasteiger partial charge < -0.3 is 20.1 Å². The first-order valence-corrected chi connectivity index (χ1v) is 9.92. The summed E-state index contributed by atoms with van der Waals surface area (Å²) in [6.07, 6.45) is 3.24. The fourth-order valence-corrected chi connectivity index (χ4v) is 3.88. The zero-order chi connectivity index (χ0) is 19.9. The van der Waals surface area contributed by atoms with E-state index in [1.165, 1.54) is 11.1 Å². The summed E-state index contributed by atoms with van der Waals surface area (Å²) >= 11 is 0. The highest BCUT2D eigenvalue weighted by atomic mass is 16.5. The van der Waals surface area contributed by atoms with Crippen molar-refractivity contribution >= 4 is 5.91 Å². The highest BCUT2D eigenvalue weighted by Crippen LogP contribution is 2.30. The summed E-state index contributed by atoms with van der Waals surface area (Å²) in [6, 6.07) is 14.4. The van der Waals surface area contributed by atoms with Gasteiger partial charge in [0.15, 0.2) is 11.5 Å². The Labute approximate surface area is 167 Å². The van der Waals surface area contributed by atoms with Crippen molar-refractivity contribution in [2.24, 2.45) is 5.73 Å². The van der Waals surface area contributed by atoms with Crippen molar-refractivity contribution < 1.29 is 14.3 Å². The Balaban J connectivity index is 1.51. The monoisotopic (exact) mass is 382 g/mol. The van der Waals surface area contributed by atoms with Gasteiger partial charge >= 0.3 is 0 Å². The number of hydrogen-bond acceptors (Lipinski definition) is 4. The molecular weight excluding hydrogens is 352 g/mol. The Morgan fingerprint density at radius 3 is 2.46 bits per heavy atom. The lowest BCUT2D eigenvalue weighted by molar-refractivity contribution is -0.132. The minimum absolute atomic E-state index is 0.226. The average Bonchev–Trinajstić information content (AvgIpc) is 2.77. The van der Waals surface area contributed by atoms with Gasteiger partial charge in [-0.05, 0) is 54.0 Å². The molecule has 1 aliphatic rings. The smallest absolute Gasteiger partial charge is 0.222 e. The van der Waals surface area contributed by atoms with Crippen LogP contribution in [0.25, 0.3) is 0 Å². The fraction of sp³-hybridized carbons (Fsp3) is 0.435. The first kappa shape index (κ1) is 20.2. The number of nitrogens with zero attached hydrogens (tertiary/aromatic N) is 1. The number of benzene rings is 2. The van der Waals surface area contributed by atoms with Crippen LogP contribution in [0.1, 0.15) is 41.9 Å². The first-order chi connectivity index (χ1) is 13.6. The SMILES string of the molecule is COc1ccc(CCC(=O)N2CCC(c3cccc(CN)c3)CC2)cc1OC. The van der Waals surface area contributed by atoms with E-state index < -0.39 is 0 Å². The van der Waals surface area contributed by atoms with Crippen LogP contribution >= 0.6 is 0 Å². The number of ether oxygens (including phenoxy) is 2. The second-order valence-corrected chi connectivity index (χ2v) is 7.29. The van der Waals surface area contributed by atoms with Crippen molar-refractivity contribution in [2.45, 2.75) is 38.1 Å². The van der Waals surface area contributed by atoms with E-state index in [4.69, 9.17) is 15.2 Å². The molecule has 0 aromatic heterocycles. The van der Waals surface area contributed by atoms with E-state index in [1.807, 2.05) is 23.1 Å². The summed E-state index contributed by atoms with van der Waals surface area (Å²) < 4.78 is 10.6. The van der Waals surface area contributed by atoms with E-state index in [9.17, 15) is 4.79 Å². The molecule has 2 aromatic carbocycles. The van der Waals surface area contributed by atoms with Gasteiger partial charge in [0.1, 0.15) is 0 Å². The van der Waals surface area contributed by atoms with Crippen molar-refractivity contribution in [3.8, 4) is 11.5 Å². The normalized spacial score (nSPS) is 14.8. The van der Waals surface area contributed by atoms with Crippen molar-refractivity contribution in [1.29, 1.82) is 0 Å². The number of hydrogen-bond donors (Lipinski definition) is 1. The summed E-state index contributed by atoms with van der Waals surface area (Å²) in [5, 5.41) is 0. The third-order valence-electron chi connectivity index (χ3n) is 5.58. The summed E-state index contributed by atoms with van der Waals surface area (Å²) in [4.78, 5) is 14.7. The molecule has 2 aromatic rings. The van der Waals surface area contributed by atoms with Crippen molar-refractivity contribution in [2.75, 3.05) is 27.3 Å². The molecule has 1 heterocycles. The summed E-state index contributed by atoms with van der Waals surface area (Å²) in [5.74, 6) is 2.15. The molecule has 3 rings (SSSR count). The van der Waals surface area contributed by atoms with Gasteiger partial charge in [0.05, 0.1) is 14.2 Å². The van der Waals surface area contributed by atoms with Gasteiger partial charge in [0.2, 0.25) is 5.91 Å². The lowest BCUT2D eigenvalue weighted by Gasteiger charge is -2.32. The van der Waals surface area contributed by atoms with Gasteiger partial charge in [-0.3, -0.25) is 4.79 Å². The van der Waals surface area contributed by atoms with Crippen molar-refractivity contribution in [3.05, 3.63) is 59.2 Å². The number of nitrogens with two attached hydrogens (primary N) is 1. The second kappa shape index (κ2) is 9.60. The molecule has 0 unspecified atom stereocenters. The fourth-order valence-electron chi connectivity index (χ4n) is 3.88. The molecule has 0 spiro atoms. The van der Waals surface area contributed by atoms with Gasteiger partial charge in [-0.1, -0.05) is 30.3 Å². The number of carbonyl (C=O) groups excluding carboxylic acids is 1. The van der Waals surface area contributed by atoms with E-state index >= 15 is 0 Å². The minimum Gasteiger partial charge on any atom is -0.493 e. The van der Waals surface area contributed by atoms with Crippen LogP contribution in [-0.2, 0) is 17.8 Å². The minimum atomic E-state index is 0.226. The van der Waals surface area contributed by atoms with E-state index in [0.29, 0.717) is 36.8 Å². The zero-order valence-corrected chi connectivity index (χ0v) is 16.8. The molecular formula is C23H30N2O3. The van der Waals surface area contributed by atoms with Crippen LogP contribution in [0.3, 0.4) is 0 Å². The zero-order valence-electron chi connectivity index (χ0n) is 16.8. The maximum Gasteiger partial charge on any atom is 0.222 e. The molecule has 150 valence electrons. The molecule has 1 fully saturated rings. The van der Waals surface area contributed by atoms with Crippen LogP contribution in [0, 0.1) is 0 Å². The number of methoxy groups -OCH3 is 2. The highest BCUT2D eigenvalue weighted by Gasteiger charge is 2.23. The molecule has 5 nitrogen and oxygen atoms in total. The maximum atomic E-state index is 12.6. The van der Waals surface area contributed by atoms with Crippen LogP contribution in [-0.4, -0.2) is 38.1 Å². The molecule has 1 aliphatic heterocycles. The number of piperidine rings is 1. The second-order valence-electron chi connectivity index (χ2n) is 7.29. The molecule has 0 saturated carbocycles. The first-order valence-electron chi connectivity index (χ1n) is 9.92. The largest absolute Gasteiger partial charge is 0.493 e. The maximum absolute atomic E-state index is 12.6. The third-order valence-corrected chi connectivity index (χ3v) is 5.58. The number of amides is 1. The Morgan fingerprint density at radius 2 is 1.79 bits per heavy atom. The van der Waals surface area contributed by atoms with E-state index in [0.717, 1.165) is 31.5 Å². The predicted molar refractivity (Wildman–Crippen MR) is 111 cm³/mol. The number of rotatable bonds is 7. The van der Waals surface area contributed by atoms with Crippen LogP contribution in [0.5, 0.6) is 11.5 Å². The van der Waals surface area contributed by atoms with Crippen LogP contribution in [0.2, 0.25) is 0 Å². The van der Waals surface area contributed by atoms with E-state index in [1.54, 1.807) is 14.2 Å². The molecule has 0 atom stereocenters. The summed E-state index contributed by atoms with van der Waals surface area (Å²) in [7, 11) is 3.25. The molecule has 28 heavy (non-hydrogen) atoms. The topological polar surface area (TPSA) is 64.8 Å². The van der Waals surface area contributed by atoms with Gasteiger partial charge in [-0.15, -0.1) is 0 Å². The van der Waals surface area contributed by atoms with E-state index in [2.05, 4.69) is 24.3 Å². The Bertz CT molecular complexity index is 798. The lowest BCUT2D eigenvalue weighted by atomic mass is 9.88. The molecule has 2 N–H and O–H groups in total. The molecule has 5 heteroatoms. The number of aryl methyl sites for hydroxylation is 1. The Morgan fingerprint density at radius 1 is 1.04 bits per heavy atom. The lowest BCUT2D eigenvalue weighted by Crippen LogP contribution is -2.38. The van der Waals surface area contributed by atoms with Crippen LogP contribution in [0.15, 0.2) is 42.5 Å². The van der Waals surface area contributed by atoms with Crippen LogP contribution < -0.4 is 15.2 Å². The van der Waals surface area contributed by atoms with Gasteiger partial charge in [0, 0.05) is 26.1 Å². The van der Waals surface area contributed by atoms with E-state index in [-0.39, 0.29) is 5.91 Å². The molecule has 0 aliphatic carbocycles. The van der Waals surface area contributed by atoms with Gasteiger partial charge in [0.25, 0.3) is 0 Å². The molecule has 0 bridgehead atoms. The Hall–Kier alpha value is -2.53. The summed E-state index contributed by atoms with van der Waals surface area (Å²) in [6.45, 7) is 2.21. The summed E-state index contributed by atoms with van der Waals surface area (Å²) in [5.41, 5.74) is 9.36. The highest BCUT2D eigenvalue weighted by molar-refractivity contribution is 5.76. The third kappa shape index (κ3) is 4.84. The molecule has 0 radical (unpaired) electrons. The predicted octanol–water partition coefficient (Wildman–Crippen LogP) is 3.50. The van der Waals surface area contributed by atoms with Gasteiger partial charge in [-0.25, -0.2) is 0 Å². The average molecular weight is 383 g/mol. The number of likely N-dealkylation sites (tertiary alicyclic amines) is 1. The standard InChI is InChI=1S/C23H30N2O3/c1-27-21-8-6-17(15-22(21)28-2)7-9-23(26)25-12-10-19(11-13-25)20-5-3-4-18(14-20)16-24/h3-6,8,14-15,19H,7,9-13,16,24H2,1-2H3. The molecule has 1 saturated heterocycles.